The van der Waals surface area contributed by atoms with Crippen LogP contribution in [0.3, 0.4) is 0 Å². The van der Waals surface area contributed by atoms with E-state index in [1.165, 1.54) is 0 Å². The summed E-state index contributed by atoms with van der Waals surface area (Å²) in [5.74, 6) is 0.210. The fourth-order valence-corrected chi connectivity index (χ4v) is 1.26. The first-order valence-electron chi connectivity index (χ1n) is 3.71. The van der Waals surface area contributed by atoms with Gasteiger partial charge in [-0.25, -0.2) is 0 Å². The monoisotopic (exact) mass is 158 g/mol. The van der Waals surface area contributed by atoms with Crippen molar-refractivity contribution in [1.82, 2.24) is 5.73 Å². The van der Waals surface area contributed by atoms with Gasteiger partial charge in [-0.15, -0.1) is 0 Å². The minimum Gasteiger partial charge on any atom is -0.508 e. The Kier molecular flexibility index (Phi) is 1.40. The number of phenols is 1. The predicted octanol–water partition coefficient (Wildman–Crippen LogP) is 2.46. The van der Waals surface area contributed by atoms with Gasteiger partial charge in [0.2, 0.25) is 0 Å². The van der Waals surface area contributed by atoms with Gasteiger partial charge in [-0.3, -0.25) is 0 Å². The Bertz CT molecular complexity index is 423. The molecule has 2 aromatic rings. The van der Waals surface area contributed by atoms with E-state index in [0.29, 0.717) is 5.69 Å². The maximum atomic E-state index is 9.17. The molecule has 0 spiro atoms. The maximum Gasteiger partial charge on any atom is 0.116 e. The Labute approximate surface area is 70.2 Å². The molecule has 0 heterocycles. The van der Waals surface area contributed by atoms with Crippen LogP contribution in [-0.2, 0) is 0 Å². The Morgan fingerprint density at radius 2 is 1.92 bits per heavy atom. The van der Waals surface area contributed by atoms with E-state index in [2.05, 4.69) is 0 Å². The molecule has 2 heteroatoms. The van der Waals surface area contributed by atoms with Gasteiger partial charge >= 0.3 is 0 Å². The van der Waals surface area contributed by atoms with Gasteiger partial charge in [0.25, 0.3) is 0 Å². The molecule has 12 heavy (non-hydrogen) atoms. The number of aromatic hydroxyl groups is 1. The van der Waals surface area contributed by atoms with Gasteiger partial charge in [-0.1, -0.05) is 18.2 Å². The first-order chi connectivity index (χ1) is 5.77. The molecule has 2 rings (SSSR count). The third kappa shape index (κ3) is 0.975. The van der Waals surface area contributed by atoms with Crippen LogP contribution in [0.25, 0.3) is 10.8 Å². The van der Waals surface area contributed by atoms with Gasteiger partial charge in [-0.2, -0.15) is 0 Å². The van der Waals surface area contributed by atoms with Gasteiger partial charge in [-0.05, 0) is 23.6 Å². The van der Waals surface area contributed by atoms with Crippen molar-refractivity contribution in [1.29, 1.82) is 0 Å². The molecular formula is C10H8NO. The zero-order chi connectivity index (χ0) is 8.55. The normalized spacial score (nSPS) is 10.3. The van der Waals surface area contributed by atoms with Crippen molar-refractivity contribution in [2.24, 2.45) is 0 Å². The van der Waals surface area contributed by atoms with Crippen molar-refractivity contribution >= 4 is 16.5 Å². The maximum absolute atomic E-state index is 9.17. The Morgan fingerprint density at radius 1 is 1.08 bits per heavy atom. The highest BCUT2D eigenvalue weighted by Gasteiger charge is 1.97. The summed E-state index contributed by atoms with van der Waals surface area (Å²) < 4.78 is 0. The lowest BCUT2D eigenvalue weighted by molar-refractivity contribution is 0.476. The van der Waals surface area contributed by atoms with Gasteiger partial charge in [0.15, 0.2) is 0 Å². The summed E-state index contributed by atoms with van der Waals surface area (Å²) >= 11 is 0. The molecule has 2 aromatic carbocycles. The summed E-state index contributed by atoms with van der Waals surface area (Å²) in [6.07, 6.45) is 0. The number of benzene rings is 2. The highest BCUT2D eigenvalue weighted by molar-refractivity contribution is 5.92. The highest BCUT2D eigenvalue weighted by Crippen LogP contribution is 2.25. The van der Waals surface area contributed by atoms with Crippen LogP contribution >= 0.6 is 0 Å². The molecule has 1 radical (unpaired) electrons. The molecule has 59 valence electrons. The first kappa shape index (κ1) is 6.98. The summed E-state index contributed by atoms with van der Waals surface area (Å²) in [6, 6.07) is 10.5. The standard InChI is InChI=1S/C10H8NO/c11-10-3-1-2-7-4-5-8(12)6-9(7)10/h1-6,11-12H. The van der Waals surface area contributed by atoms with E-state index < -0.39 is 0 Å². The smallest absolute Gasteiger partial charge is 0.116 e. The third-order valence-corrected chi connectivity index (χ3v) is 1.87. The minimum atomic E-state index is 0.210. The van der Waals surface area contributed by atoms with E-state index in [4.69, 9.17) is 5.73 Å². The molecule has 0 aliphatic rings. The molecule has 0 bridgehead atoms. The van der Waals surface area contributed by atoms with Crippen LogP contribution in [0.1, 0.15) is 0 Å². The average Bonchev–Trinajstić information content (AvgIpc) is 2.07. The lowest BCUT2D eigenvalue weighted by atomic mass is 10.1. The van der Waals surface area contributed by atoms with Gasteiger partial charge in [0.1, 0.15) is 5.75 Å². The van der Waals surface area contributed by atoms with Crippen LogP contribution in [0.4, 0.5) is 5.69 Å². The largest absolute Gasteiger partial charge is 0.508 e. The fourth-order valence-electron chi connectivity index (χ4n) is 1.26. The van der Waals surface area contributed by atoms with E-state index in [1.54, 1.807) is 18.2 Å². The average molecular weight is 158 g/mol. The molecule has 0 atom stereocenters. The Morgan fingerprint density at radius 3 is 2.75 bits per heavy atom. The van der Waals surface area contributed by atoms with E-state index >= 15 is 0 Å². The Hall–Kier alpha value is -1.70. The molecule has 0 aliphatic heterocycles. The van der Waals surface area contributed by atoms with E-state index in [9.17, 15) is 5.11 Å². The summed E-state index contributed by atoms with van der Waals surface area (Å²) in [6.45, 7) is 0. The molecular weight excluding hydrogens is 150 g/mol. The van der Waals surface area contributed by atoms with Crippen LogP contribution in [0.5, 0.6) is 5.75 Å². The second kappa shape index (κ2) is 2.41. The number of fused-ring (bicyclic) bond motifs is 1. The number of nitrogens with one attached hydrogen (secondary N) is 1. The fraction of sp³-hybridized carbons (Fsp3) is 0. The van der Waals surface area contributed by atoms with E-state index in [-0.39, 0.29) is 5.75 Å². The van der Waals surface area contributed by atoms with Crippen LogP contribution in [-0.4, -0.2) is 5.11 Å². The lowest BCUT2D eigenvalue weighted by Crippen LogP contribution is -1.75. The molecule has 0 aromatic heterocycles. The second-order valence-corrected chi connectivity index (χ2v) is 2.71. The summed E-state index contributed by atoms with van der Waals surface area (Å²) in [4.78, 5) is 0. The number of phenolic OH excluding ortho intramolecular Hbond substituents is 1. The van der Waals surface area contributed by atoms with Crippen molar-refractivity contribution < 1.29 is 5.11 Å². The van der Waals surface area contributed by atoms with Gasteiger partial charge in [0.05, 0.1) is 5.69 Å². The zero-order valence-corrected chi connectivity index (χ0v) is 6.41. The van der Waals surface area contributed by atoms with E-state index in [1.807, 2.05) is 18.2 Å². The molecule has 2 nitrogen and oxygen atoms in total. The van der Waals surface area contributed by atoms with E-state index in [0.717, 1.165) is 10.8 Å². The quantitative estimate of drug-likeness (QED) is 0.628. The number of hydrogen-bond donors (Lipinski definition) is 1. The molecule has 0 fully saturated rings. The van der Waals surface area contributed by atoms with Crippen molar-refractivity contribution in [2.45, 2.75) is 0 Å². The van der Waals surface area contributed by atoms with Crippen molar-refractivity contribution in [2.75, 3.05) is 0 Å². The molecule has 0 unspecified atom stereocenters. The lowest BCUT2D eigenvalue weighted by Gasteiger charge is -2.00. The highest BCUT2D eigenvalue weighted by atomic mass is 16.3. The molecule has 0 saturated heterocycles. The number of rotatable bonds is 0. The summed E-state index contributed by atoms with van der Waals surface area (Å²) in [5, 5.41) is 10.9. The predicted molar refractivity (Wildman–Crippen MR) is 48.4 cm³/mol. The molecule has 0 saturated carbocycles. The minimum absolute atomic E-state index is 0.210. The summed E-state index contributed by atoms with van der Waals surface area (Å²) in [7, 11) is 0. The topological polar surface area (TPSA) is 44.0 Å². The van der Waals surface area contributed by atoms with Crippen LogP contribution in [0.15, 0.2) is 36.4 Å². The SMILES string of the molecule is [NH]c1cccc2ccc(O)cc12. The number of hydrogen-bond acceptors (Lipinski definition) is 1. The third-order valence-electron chi connectivity index (χ3n) is 1.87. The molecule has 2 N–H and O–H groups in total. The van der Waals surface area contributed by atoms with Crippen molar-refractivity contribution in [3.05, 3.63) is 36.4 Å². The van der Waals surface area contributed by atoms with Gasteiger partial charge < -0.3 is 10.8 Å². The van der Waals surface area contributed by atoms with Crippen LogP contribution in [0, 0.1) is 0 Å². The summed E-state index contributed by atoms with van der Waals surface area (Å²) in [5.41, 5.74) is 8.00. The van der Waals surface area contributed by atoms with Gasteiger partial charge in [0, 0.05) is 5.39 Å². The zero-order valence-electron chi connectivity index (χ0n) is 6.41. The Balaban J connectivity index is 2.88. The van der Waals surface area contributed by atoms with Crippen molar-refractivity contribution in [3.8, 4) is 5.75 Å². The van der Waals surface area contributed by atoms with Crippen LogP contribution < -0.4 is 5.73 Å². The molecule has 0 aliphatic carbocycles. The van der Waals surface area contributed by atoms with Crippen molar-refractivity contribution in [3.63, 3.8) is 0 Å². The van der Waals surface area contributed by atoms with Crippen LogP contribution in [0.2, 0.25) is 0 Å². The second-order valence-electron chi connectivity index (χ2n) is 2.71. The first-order valence-corrected chi connectivity index (χ1v) is 3.71. The molecule has 0 amide bonds.